The molecule has 0 aliphatic heterocycles. The third kappa shape index (κ3) is 3.36. The molecule has 0 heterocycles. The lowest BCUT2D eigenvalue weighted by Crippen LogP contribution is -2.21. The molecule has 0 radical (unpaired) electrons. The number of para-hydroxylation sites is 1. The molecule has 0 fully saturated rings. The minimum absolute atomic E-state index is 0.227. The molecule has 2 rings (SSSR count). The second-order valence-electron chi connectivity index (χ2n) is 4.19. The van der Waals surface area contributed by atoms with E-state index in [1.165, 1.54) is 0 Å². The minimum atomic E-state index is -1.64. The molecule has 2 aromatic carbocycles. The summed E-state index contributed by atoms with van der Waals surface area (Å²) in [6.45, 7) is 0. The van der Waals surface area contributed by atoms with Crippen LogP contribution >= 0.6 is 15.9 Å². The Morgan fingerprint density at radius 3 is 2.24 bits per heavy atom. The normalized spacial score (nSPS) is 12.0. The first-order valence-electron chi connectivity index (χ1n) is 5.78. The van der Waals surface area contributed by atoms with Gasteiger partial charge in [0.25, 0.3) is 0 Å². The molecular formula is C14H9BrF3NO2. The van der Waals surface area contributed by atoms with E-state index >= 15 is 0 Å². The fourth-order valence-corrected chi connectivity index (χ4v) is 2.16. The molecule has 3 nitrogen and oxygen atoms in total. The number of carboxylic acids is 1. The van der Waals surface area contributed by atoms with Gasteiger partial charge in [0.1, 0.15) is 0 Å². The second-order valence-corrected chi connectivity index (χ2v) is 5.05. The molecule has 2 aromatic rings. The SMILES string of the molecule is O=C(O)C(Nc1ccccc1Br)c1cc(F)c(F)c(F)c1. The number of nitrogens with one attached hydrogen (secondary N) is 1. The molecule has 7 heteroatoms. The van der Waals surface area contributed by atoms with Crippen LogP contribution < -0.4 is 5.32 Å². The maximum absolute atomic E-state index is 13.2. The summed E-state index contributed by atoms with van der Waals surface area (Å²) in [5.41, 5.74) is 0.199. The standard InChI is InChI=1S/C14H9BrF3NO2/c15-8-3-1-2-4-11(8)19-13(14(20)21)7-5-9(16)12(18)10(17)6-7/h1-6,13,19H,(H,20,21). The Labute approximate surface area is 126 Å². The van der Waals surface area contributed by atoms with Gasteiger partial charge in [-0.05, 0) is 45.8 Å². The highest BCUT2D eigenvalue weighted by atomic mass is 79.9. The van der Waals surface area contributed by atoms with E-state index in [0.717, 1.165) is 0 Å². The van der Waals surface area contributed by atoms with Crippen LogP contribution in [-0.2, 0) is 4.79 Å². The molecule has 0 aliphatic rings. The lowest BCUT2D eigenvalue weighted by atomic mass is 10.1. The lowest BCUT2D eigenvalue weighted by Gasteiger charge is -2.17. The number of carboxylic acid groups (broad SMARTS) is 1. The van der Waals surface area contributed by atoms with Crippen LogP contribution in [0.1, 0.15) is 11.6 Å². The number of carbonyl (C=O) groups is 1. The van der Waals surface area contributed by atoms with Gasteiger partial charge in [-0.15, -0.1) is 0 Å². The van der Waals surface area contributed by atoms with Gasteiger partial charge in [0.05, 0.1) is 0 Å². The van der Waals surface area contributed by atoms with Gasteiger partial charge in [-0.25, -0.2) is 18.0 Å². The lowest BCUT2D eigenvalue weighted by molar-refractivity contribution is -0.138. The molecule has 0 bridgehead atoms. The third-order valence-corrected chi connectivity index (χ3v) is 3.45. The largest absolute Gasteiger partial charge is 0.479 e. The molecule has 1 unspecified atom stereocenters. The number of aliphatic carboxylic acids is 1. The first-order chi connectivity index (χ1) is 9.90. The van der Waals surface area contributed by atoms with E-state index in [9.17, 15) is 23.1 Å². The van der Waals surface area contributed by atoms with Crippen LogP contribution in [0.2, 0.25) is 0 Å². The number of hydrogen-bond donors (Lipinski definition) is 2. The monoisotopic (exact) mass is 359 g/mol. The molecule has 110 valence electrons. The van der Waals surface area contributed by atoms with Crippen LogP contribution in [0.15, 0.2) is 40.9 Å². The summed E-state index contributed by atoms with van der Waals surface area (Å²) < 4.78 is 40.0. The number of rotatable bonds is 4. The minimum Gasteiger partial charge on any atom is -0.479 e. The topological polar surface area (TPSA) is 49.3 Å². The summed E-state index contributed by atoms with van der Waals surface area (Å²) in [4.78, 5) is 11.3. The predicted octanol–water partition coefficient (Wildman–Crippen LogP) is 4.10. The van der Waals surface area contributed by atoms with Crippen molar-refractivity contribution in [2.45, 2.75) is 6.04 Å². The van der Waals surface area contributed by atoms with Crippen LogP contribution in [0.4, 0.5) is 18.9 Å². The van der Waals surface area contributed by atoms with Crippen molar-refractivity contribution in [1.29, 1.82) is 0 Å². The van der Waals surface area contributed by atoms with Gasteiger partial charge in [0, 0.05) is 10.2 Å². The fraction of sp³-hybridized carbons (Fsp3) is 0.0714. The average molecular weight is 360 g/mol. The van der Waals surface area contributed by atoms with Gasteiger partial charge in [0.2, 0.25) is 0 Å². The van der Waals surface area contributed by atoms with Crippen molar-refractivity contribution >= 4 is 27.6 Å². The summed E-state index contributed by atoms with van der Waals surface area (Å²) >= 11 is 3.22. The van der Waals surface area contributed by atoms with Crippen molar-refractivity contribution in [1.82, 2.24) is 0 Å². The summed E-state index contributed by atoms with van der Waals surface area (Å²) in [6, 6.07) is 6.54. The van der Waals surface area contributed by atoms with E-state index < -0.39 is 29.5 Å². The van der Waals surface area contributed by atoms with Crippen molar-refractivity contribution in [3.63, 3.8) is 0 Å². The predicted molar refractivity (Wildman–Crippen MR) is 74.5 cm³/mol. The highest BCUT2D eigenvalue weighted by Crippen LogP contribution is 2.28. The van der Waals surface area contributed by atoms with Crippen LogP contribution in [0, 0.1) is 17.5 Å². The Morgan fingerprint density at radius 2 is 1.71 bits per heavy atom. The van der Waals surface area contributed by atoms with Gasteiger partial charge in [0.15, 0.2) is 23.5 Å². The zero-order valence-electron chi connectivity index (χ0n) is 10.4. The van der Waals surface area contributed by atoms with E-state index in [0.29, 0.717) is 22.3 Å². The van der Waals surface area contributed by atoms with Gasteiger partial charge in [-0.3, -0.25) is 0 Å². The van der Waals surface area contributed by atoms with E-state index in [4.69, 9.17) is 0 Å². The summed E-state index contributed by atoms with van der Waals surface area (Å²) in [5.74, 6) is -5.87. The third-order valence-electron chi connectivity index (χ3n) is 2.76. The molecule has 21 heavy (non-hydrogen) atoms. The van der Waals surface area contributed by atoms with E-state index in [-0.39, 0.29) is 5.56 Å². The molecule has 0 saturated heterocycles. The average Bonchev–Trinajstić information content (AvgIpc) is 2.43. The highest BCUT2D eigenvalue weighted by molar-refractivity contribution is 9.10. The van der Waals surface area contributed by atoms with Crippen molar-refractivity contribution in [2.75, 3.05) is 5.32 Å². The number of benzene rings is 2. The molecule has 0 aromatic heterocycles. The zero-order valence-corrected chi connectivity index (χ0v) is 12.0. The van der Waals surface area contributed by atoms with E-state index in [2.05, 4.69) is 21.2 Å². The Kier molecular flexibility index (Phi) is 4.52. The summed E-state index contributed by atoms with van der Waals surface area (Å²) in [5, 5.41) is 11.8. The van der Waals surface area contributed by atoms with Crippen molar-refractivity contribution in [2.24, 2.45) is 0 Å². The van der Waals surface area contributed by atoms with Crippen LogP contribution in [0.5, 0.6) is 0 Å². The number of anilines is 1. The first kappa shape index (κ1) is 15.4. The Morgan fingerprint density at radius 1 is 1.14 bits per heavy atom. The maximum atomic E-state index is 13.2. The van der Waals surface area contributed by atoms with Gasteiger partial charge < -0.3 is 10.4 Å². The molecular weight excluding hydrogens is 351 g/mol. The molecule has 1 atom stereocenters. The van der Waals surface area contributed by atoms with Crippen LogP contribution in [0.25, 0.3) is 0 Å². The van der Waals surface area contributed by atoms with Crippen LogP contribution in [-0.4, -0.2) is 11.1 Å². The van der Waals surface area contributed by atoms with Crippen molar-refractivity contribution < 1.29 is 23.1 Å². The van der Waals surface area contributed by atoms with E-state index in [1.807, 2.05) is 0 Å². The number of hydrogen-bond acceptors (Lipinski definition) is 2. The quantitative estimate of drug-likeness (QED) is 0.807. The van der Waals surface area contributed by atoms with Crippen LogP contribution in [0.3, 0.4) is 0 Å². The fourth-order valence-electron chi connectivity index (χ4n) is 1.76. The summed E-state index contributed by atoms with van der Waals surface area (Å²) in [7, 11) is 0. The molecule has 0 aliphatic carbocycles. The van der Waals surface area contributed by atoms with Crippen molar-refractivity contribution in [3.05, 3.63) is 63.9 Å². The van der Waals surface area contributed by atoms with E-state index in [1.54, 1.807) is 24.3 Å². The zero-order chi connectivity index (χ0) is 15.6. The Bertz CT molecular complexity index is 671. The van der Waals surface area contributed by atoms with Gasteiger partial charge in [-0.2, -0.15) is 0 Å². The molecule has 0 amide bonds. The van der Waals surface area contributed by atoms with Gasteiger partial charge >= 0.3 is 5.97 Å². The molecule has 0 saturated carbocycles. The molecule has 2 N–H and O–H groups in total. The smallest absolute Gasteiger partial charge is 0.330 e. The first-order valence-corrected chi connectivity index (χ1v) is 6.57. The highest BCUT2D eigenvalue weighted by Gasteiger charge is 2.23. The second kappa shape index (κ2) is 6.17. The number of halogens is 4. The maximum Gasteiger partial charge on any atom is 0.330 e. The Hall–Kier alpha value is -2.02. The van der Waals surface area contributed by atoms with Crippen molar-refractivity contribution in [3.8, 4) is 0 Å². The Balaban J connectivity index is 2.41. The van der Waals surface area contributed by atoms with Gasteiger partial charge in [-0.1, -0.05) is 12.1 Å². The molecule has 0 spiro atoms. The summed E-state index contributed by atoms with van der Waals surface area (Å²) in [6.07, 6.45) is 0.